The summed E-state index contributed by atoms with van der Waals surface area (Å²) in [7, 11) is 0. The molecule has 0 spiro atoms. The van der Waals surface area contributed by atoms with Crippen LogP contribution in [-0.2, 0) is 16.1 Å². The molecule has 0 unspecified atom stereocenters. The molecule has 0 saturated carbocycles. The number of hydrogen-bond donors (Lipinski definition) is 2. The fraction of sp³-hybridized carbons (Fsp3) is 0.0952. The molecule has 0 saturated heterocycles. The van der Waals surface area contributed by atoms with Crippen LogP contribution < -0.4 is 10.6 Å². The van der Waals surface area contributed by atoms with Crippen molar-refractivity contribution in [3.63, 3.8) is 0 Å². The van der Waals surface area contributed by atoms with Crippen molar-refractivity contribution in [2.75, 3.05) is 11.9 Å². The molecular formula is C21H16F2N2O5. The summed E-state index contributed by atoms with van der Waals surface area (Å²) < 4.78 is 37.0. The van der Waals surface area contributed by atoms with Gasteiger partial charge >= 0.3 is 5.97 Å². The van der Waals surface area contributed by atoms with E-state index in [-0.39, 0.29) is 17.8 Å². The number of nitrogens with one attached hydrogen (secondary N) is 2. The highest BCUT2D eigenvalue weighted by atomic mass is 19.1. The van der Waals surface area contributed by atoms with Crippen LogP contribution in [-0.4, -0.2) is 24.4 Å². The van der Waals surface area contributed by atoms with Crippen molar-refractivity contribution < 1.29 is 32.3 Å². The first-order valence-corrected chi connectivity index (χ1v) is 8.76. The molecule has 0 aliphatic rings. The first-order valence-electron chi connectivity index (χ1n) is 8.76. The number of rotatable bonds is 7. The Kier molecular flexibility index (Phi) is 6.53. The average Bonchev–Trinajstić information content (AvgIpc) is 3.24. The van der Waals surface area contributed by atoms with Gasteiger partial charge in [0, 0.05) is 0 Å². The molecule has 0 atom stereocenters. The normalized spacial score (nSPS) is 10.3. The number of carbonyl (C=O) groups is 3. The van der Waals surface area contributed by atoms with Crippen molar-refractivity contribution in [3.8, 4) is 0 Å². The van der Waals surface area contributed by atoms with E-state index in [0.717, 1.165) is 18.2 Å². The highest BCUT2D eigenvalue weighted by Gasteiger charge is 2.20. The van der Waals surface area contributed by atoms with Gasteiger partial charge < -0.3 is 19.8 Å². The Balaban J connectivity index is 1.60. The van der Waals surface area contributed by atoms with Crippen LogP contribution >= 0.6 is 0 Å². The van der Waals surface area contributed by atoms with Gasteiger partial charge in [-0.1, -0.05) is 18.2 Å². The average molecular weight is 414 g/mol. The SMILES string of the molecule is O=C(COC(=O)c1c(F)cccc1F)Nc1ccccc1C(=O)NCc1ccco1. The maximum atomic E-state index is 13.6. The Morgan fingerprint density at radius 2 is 1.67 bits per heavy atom. The molecule has 1 heterocycles. The largest absolute Gasteiger partial charge is 0.467 e. The van der Waals surface area contributed by atoms with Crippen LogP contribution in [0.3, 0.4) is 0 Å². The summed E-state index contributed by atoms with van der Waals surface area (Å²) >= 11 is 0. The molecule has 154 valence electrons. The monoisotopic (exact) mass is 414 g/mol. The van der Waals surface area contributed by atoms with E-state index in [1.165, 1.54) is 18.4 Å². The smallest absolute Gasteiger partial charge is 0.344 e. The Bertz CT molecular complexity index is 1050. The topological polar surface area (TPSA) is 97.6 Å². The number of benzene rings is 2. The number of esters is 1. The molecule has 0 radical (unpaired) electrons. The fourth-order valence-corrected chi connectivity index (χ4v) is 2.55. The van der Waals surface area contributed by atoms with Crippen molar-refractivity contribution in [1.82, 2.24) is 5.32 Å². The van der Waals surface area contributed by atoms with Gasteiger partial charge in [-0.05, 0) is 36.4 Å². The Labute approximate surface area is 169 Å². The molecule has 7 nitrogen and oxygen atoms in total. The van der Waals surface area contributed by atoms with Crippen molar-refractivity contribution in [3.05, 3.63) is 89.4 Å². The molecule has 0 bridgehead atoms. The molecule has 3 rings (SSSR count). The van der Waals surface area contributed by atoms with Gasteiger partial charge in [0.05, 0.1) is 24.1 Å². The lowest BCUT2D eigenvalue weighted by atomic mass is 10.1. The molecule has 0 aliphatic heterocycles. The van der Waals surface area contributed by atoms with Gasteiger partial charge in [-0.25, -0.2) is 13.6 Å². The summed E-state index contributed by atoms with van der Waals surface area (Å²) in [5, 5.41) is 5.08. The Hall–Kier alpha value is -4.01. The molecule has 0 fully saturated rings. The van der Waals surface area contributed by atoms with Crippen LogP contribution in [0.2, 0.25) is 0 Å². The maximum Gasteiger partial charge on any atom is 0.344 e. The summed E-state index contributed by atoms with van der Waals surface area (Å²) in [6, 6.07) is 12.5. The minimum atomic E-state index is -1.31. The fourth-order valence-electron chi connectivity index (χ4n) is 2.55. The number of anilines is 1. The highest BCUT2D eigenvalue weighted by Crippen LogP contribution is 2.16. The highest BCUT2D eigenvalue weighted by molar-refractivity contribution is 6.04. The minimum absolute atomic E-state index is 0.153. The molecule has 1 aromatic heterocycles. The first kappa shape index (κ1) is 20.7. The molecule has 3 aromatic rings. The molecule has 2 amide bonds. The molecule has 2 aromatic carbocycles. The second kappa shape index (κ2) is 9.46. The van der Waals surface area contributed by atoms with Gasteiger partial charge in [-0.3, -0.25) is 9.59 Å². The van der Waals surface area contributed by atoms with E-state index in [2.05, 4.69) is 15.4 Å². The quantitative estimate of drug-likeness (QED) is 0.579. The van der Waals surface area contributed by atoms with Crippen LogP contribution in [0.1, 0.15) is 26.5 Å². The van der Waals surface area contributed by atoms with Gasteiger partial charge in [-0.2, -0.15) is 0 Å². The lowest BCUT2D eigenvalue weighted by Gasteiger charge is -2.11. The Morgan fingerprint density at radius 1 is 0.933 bits per heavy atom. The van der Waals surface area contributed by atoms with Crippen LogP contribution in [0.25, 0.3) is 0 Å². The lowest BCUT2D eigenvalue weighted by molar-refractivity contribution is -0.119. The van der Waals surface area contributed by atoms with Crippen molar-refractivity contribution in [1.29, 1.82) is 0 Å². The van der Waals surface area contributed by atoms with Crippen molar-refractivity contribution in [2.45, 2.75) is 6.54 Å². The second-order valence-electron chi connectivity index (χ2n) is 6.03. The molecule has 30 heavy (non-hydrogen) atoms. The van der Waals surface area contributed by atoms with Crippen molar-refractivity contribution in [2.24, 2.45) is 0 Å². The van der Waals surface area contributed by atoms with Crippen LogP contribution in [0.15, 0.2) is 65.3 Å². The maximum absolute atomic E-state index is 13.6. The minimum Gasteiger partial charge on any atom is -0.467 e. The molecule has 2 N–H and O–H groups in total. The number of para-hydroxylation sites is 1. The lowest BCUT2D eigenvalue weighted by Crippen LogP contribution is -2.26. The number of furan rings is 1. The number of amides is 2. The van der Waals surface area contributed by atoms with Gasteiger partial charge in [0.15, 0.2) is 6.61 Å². The third-order valence-electron chi connectivity index (χ3n) is 3.95. The molecular weight excluding hydrogens is 398 g/mol. The summed E-state index contributed by atoms with van der Waals surface area (Å²) in [4.78, 5) is 36.4. The zero-order chi connectivity index (χ0) is 21.5. The van der Waals surface area contributed by atoms with Crippen LogP contribution in [0.4, 0.5) is 14.5 Å². The standard InChI is InChI=1S/C21H16F2N2O5/c22-15-7-3-8-16(23)19(15)21(28)30-12-18(26)25-17-9-2-1-6-14(17)20(27)24-11-13-5-4-10-29-13/h1-10H,11-12H2,(H,24,27)(H,25,26). The van der Waals surface area contributed by atoms with E-state index in [1.54, 1.807) is 24.3 Å². The van der Waals surface area contributed by atoms with Gasteiger partial charge in [0.1, 0.15) is 23.0 Å². The number of halogens is 2. The zero-order valence-corrected chi connectivity index (χ0v) is 15.5. The van der Waals surface area contributed by atoms with E-state index in [9.17, 15) is 23.2 Å². The van der Waals surface area contributed by atoms with E-state index >= 15 is 0 Å². The predicted octanol–water partition coefficient (Wildman–Crippen LogP) is 3.28. The van der Waals surface area contributed by atoms with E-state index in [0.29, 0.717) is 5.76 Å². The summed E-state index contributed by atoms with van der Waals surface area (Å²) in [6.45, 7) is -0.644. The third kappa shape index (κ3) is 5.07. The van der Waals surface area contributed by atoms with Crippen LogP contribution in [0, 0.1) is 11.6 Å². The van der Waals surface area contributed by atoms with Crippen LogP contribution in [0.5, 0.6) is 0 Å². The molecule has 0 aliphatic carbocycles. The number of ether oxygens (including phenoxy) is 1. The predicted molar refractivity (Wildman–Crippen MR) is 102 cm³/mol. The van der Waals surface area contributed by atoms with Gasteiger partial charge in [-0.15, -0.1) is 0 Å². The number of carbonyl (C=O) groups excluding carboxylic acids is 3. The van der Waals surface area contributed by atoms with Gasteiger partial charge in [0.2, 0.25) is 0 Å². The van der Waals surface area contributed by atoms with Crippen molar-refractivity contribution >= 4 is 23.5 Å². The van der Waals surface area contributed by atoms with E-state index in [1.807, 2.05) is 0 Å². The molecule has 9 heteroatoms. The van der Waals surface area contributed by atoms with E-state index < -0.39 is 41.6 Å². The van der Waals surface area contributed by atoms with Gasteiger partial charge in [0.25, 0.3) is 11.8 Å². The summed E-state index contributed by atoms with van der Waals surface area (Å²) in [5.74, 6) is -4.21. The summed E-state index contributed by atoms with van der Waals surface area (Å²) in [5.41, 5.74) is -0.542. The summed E-state index contributed by atoms with van der Waals surface area (Å²) in [6.07, 6.45) is 1.48. The Morgan fingerprint density at radius 3 is 2.37 bits per heavy atom. The second-order valence-corrected chi connectivity index (χ2v) is 6.03. The zero-order valence-electron chi connectivity index (χ0n) is 15.5. The van der Waals surface area contributed by atoms with E-state index in [4.69, 9.17) is 4.42 Å². The first-order chi connectivity index (χ1) is 14.5. The third-order valence-corrected chi connectivity index (χ3v) is 3.95. The number of hydrogen-bond acceptors (Lipinski definition) is 5.